The maximum atomic E-state index is 12.5. The lowest BCUT2D eigenvalue weighted by molar-refractivity contribution is -0.438. The minimum atomic E-state index is -4.87. The van der Waals surface area contributed by atoms with Crippen molar-refractivity contribution in [2.45, 2.75) is 74.0 Å². The van der Waals surface area contributed by atoms with Gasteiger partial charge in [-0.2, -0.15) is 21.4 Å². The second kappa shape index (κ2) is 16.1. The summed E-state index contributed by atoms with van der Waals surface area (Å²) in [6.07, 6.45) is 15.7. The molecule has 0 aromatic heterocycles. The van der Waals surface area contributed by atoms with Gasteiger partial charge < -0.3 is 14.7 Å². The fourth-order valence-corrected chi connectivity index (χ4v) is 9.75. The zero-order valence-corrected chi connectivity index (χ0v) is 34.4. The van der Waals surface area contributed by atoms with Gasteiger partial charge >= 0.3 is 5.97 Å². The number of aliphatic carboxylic acids is 1. The quantitative estimate of drug-likeness (QED) is 0.0459. The second-order valence-electron chi connectivity index (χ2n) is 15.4. The van der Waals surface area contributed by atoms with Gasteiger partial charge in [0.25, 0.3) is 20.2 Å². The fraction of sp³-hybridized carbons (Fsp3) is 0.318. The summed E-state index contributed by atoms with van der Waals surface area (Å²) in [7, 11) is -8.01. The molecule has 0 amide bonds. The Morgan fingerprint density at radius 2 is 1.51 bits per heavy atom. The third-order valence-electron chi connectivity index (χ3n) is 11.0. The SMILES string of the molecule is COCCN1/C(=C/C=C/C=C/C=C/C2=[N+](CCCCCC(=O)O)c3ccc4c(S(=O)(=O)O)cc(S(=O)(=O)O)cc4c3C2(C)C)C(C)(C)c2c1ccc1ccccc21. The number of benzene rings is 4. The number of ether oxygens (including phenoxy) is 1. The number of fused-ring (bicyclic) bond motifs is 6. The summed E-state index contributed by atoms with van der Waals surface area (Å²) in [5.74, 6) is -0.861. The molecule has 0 spiro atoms. The predicted molar refractivity (Wildman–Crippen MR) is 224 cm³/mol. The van der Waals surface area contributed by atoms with Crippen molar-refractivity contribution in [2.24, 2.45) is 0 Å². The van der Waals surface area contributed by atoms with Crippen molar-refractivity contribution in [1.29, 1.82) is 0 Å². The third-order valence-corrected chi connectivity index (χ3v) is 12.7. The summed E-state index contributed by atoms with van der Waals surface area (Å²) >= 11 is 0. The Balaban J connectivity index is 1.34. The van der Waals surface area contributed by atoms with E-state index in [2.05, 4.69) is 65.8 Å². The molecule has 11 nitrogen and oxygen atoms in total. The average Bonchev–Trinajstić information content (AvgIpc) is 3.50. The van der Waals surface area contributed by atoms with Crippen molar-refractivity contribution in [1.82, 2.24) is 0 Å². The molecule has 13 heteroatoms. The highest BCUT2D eigenvalue weighted by molar-refractivity contribution is 7.86. The number of allylic oxidation sites excluding steroid dienone is 8. The number of anilines is 1. The summed E-state index contributed by atoms with van der Waals surface area (Å²) in [6, 6.07) is 18.1. The van der Waals surface area contributed by atoms with E-state index in [0.717, 1.165) is 17.5 Å². The Morgan fingerprint density at radius 3 is 2.21 bits per heavy atom. The van der Waals surface area contributed by atoms with Gasteiger partial charge in [0, 0.05) is 66.4 Å². The van der Waals surface area contributed by atoms with Crippen LogP contribution in [0.3, 0.4) is 0 Å². The van der Waals surface area contributed by atoms with E-state index in [4.69, 9.17) is 9.84 Å². The number of nitrogens with zero attached hydrogens (tertiary/aromatic N) is 2. The van der Waals surface area contributed by atoms with Crippen LogP contribution in [-0.4, -0.2) is 74.1 Å². The molecule has 0 saturated heterocycles. The standard InChI is InChI=1S/C44H48N2O9S2/c1-43(2)39(46(26-27-55-5)35-23-21-30-16-13-14-17-32(30)41(35)43)19-11-8-6-7-10-18-38-44(3,4)42-34-28-31(56(49,50)51)29-37(57(52,53)54)33(34)22-24-36(42)45(38)25-15-9-12-20-40(47)48/h6-8,10-11,13-14,16-19,21-24,28-29H,9,12,15,20,25-27H2,1-5H3,(H2-,47,48,49,50,51,52,53,54)/p+1. The summed E-state index contributed by atoms with van der Waals surface area (Å²) in [4.78, 5) is 12.2. The van der Waals surface area contributed by atoms with Crippen molar-refractivity contribution >= 4 is 64.8 Å². The van der Waals surface area contributed by atoms with E-state index in [1.165, 1.54) is 34.2 Å². The Labute approximate surface area is 334 Å². The van der Waals surface area contributed by atoms with Gasteiger partial charge in [0.1, 0.15) is 11.4 Å². The molecule has 0 aliphatic carbocycles. The summed E-state index contributed by atoms with van der Waals surface area (Å²) < 4.78 is 77.1. The molecule has 0 fully saturated rings. The number of carbonyl (C=O) groups is 1. The van der Waals surface area contributed by atoms with E-state index < -0.39 is 41.4 Å². The number of hydrogen-bond acceptors (Lipinski definition) is 7. The molecular weight excluding hydrogens is 765 g/mol. The number of unbranched alkanes of at least 4 members (excludes halogenated alkanes) is 2. The lowest BCUT2D eigenvalue weighted by atomic mass is 9.79. The molecule has 57 heavy (non-hydrogen) atoms. The average molecular weight is 814 g/mol. The number of methoxy groups -OCH3 is 1. The number of rotatable bonds is 15. The highest BCUT2D eigenvalue weighted by atomic mass is 32.2. The second-order valence-corrected chi connectivity index (χ2v) is 18.2. The van der Waals surface area contributed by atoms with E-state index in [1.807, 2.05) is 50.3 Å². The molecule has 2 aliphatic rings. The van der Waals surface area contributed by atoms with Crippen LogP contribution < -0.4 is 4.90 Å². The van der Waals surface area contributed by atoms with E-state index in [-0.39, 0.29) is 22.6 Å². The van der Waals surface area contributed by atoms with Gasteiger partial charge in [0.2, 0.25) is 5.69 Å². The zero-order chi connectivity index (χ0) is 41.3. The molecule has 2 aliphatic heterocycles. The first-order valence-corrected chi connectivity index (χ1v) is 21.7. The van der Waals surface area contributed by atoms with Crippen LogP contribution in [0.4, 0.5) is 11.4 Å². The number of carboxylic acids is 1. The normalized spacial score (nSPS) is 17.3. The van der Waals surface area contributed by atoms with Crippen LogP contribution in [0, 0.1) is 0 Å². The Kier molecular flexibility index (Phi) is 11.8. The van der Waals surface area contributed by atoms with Crippen LogP contribution in [0.25, 0.3) is 21.5 Å². The van der Waals surface area contributed by atoms with Crippen molar-refractivity contribution < 1.29 is 45.2 Å². The molecule has 0 radical (unpaired) electrons. The molecule has 6 rings (SSSR count). The van der Waals surface area contributed by atoms with Crippen LogP contribution in [0.15, 0.2) is 119 Å². The van der Waals surface area contributed by atoms with E-state index in [0.29, 0.717) is 50.2 Å². The third kappa shape index (κ3) is 8.26. The maximum absolute atomic E-state index is 12.5. The van der Waals surface area contributed by atoms with Crippen LogP contribution >= 0.6 is 0 Å². The van der Waals surface area contributed by atoms with Crippen molar-refractivity contribution in [3.63, 3.8) is 0 Å². The molecule has 0 unspecified atom stereocenters. The molecule has 300 valence electrons. The molecule has 0 bridgehead atoms. The molecule has 4 aromatic rings. The topological polar surface area (TPSA) is 162 Å². The lowest BCUT2D eigenvalue weighted by Gasteiger charge is -2.26. The van der Waals surface area contributed by atoms with E-state index in [9.17, 15) is 30.7 Å². The van der Waals surface area contributed by atoms with Crippen molar-refractivity contribution in [3.05, 3.63) is 120 Å². The molecule has 4 aromatic carbocycles. The van der Waals surface area contributed by atoms with Gasteiger partial charge in [0.05, 0.1) is 16.9 Å². The van der Waals surface area contributed by atoms with Gasteiger partial charge in [0.15, 0.2) is 5.71 Å². The first-order chi connectivity index (χ1) is 26.9. The van der Waals surface area contributed by atoms with Gasteiger partial charge in [-0.15, -0.1) is 0 Å². The zero-order valence-electron chi connectivity index (χ0n) is 32.8. The summed E-state index contributed by atoms with van der Waals surface area (Å²) in [5, 5.41) is 11.9. The van der Waals surface area contributed by atoms with E-state index >= 15 is 0 Å². The summed E-state index contributed by atoms with van der Waals surface area (Å²) in [5.41, 5.74) is 4.74. The molecule has 0 atom stereocenters. The minimum Gasteiger partial charge on any atom is -0.481 e. The van der Waals surface area contributed by atoms with Crippen molar-refractivity contribution in [3.8, 4) is 0 Å². The molecular formula is C44H49N2O9S2+. The van der Waals surface area contributed by atoms with Crippen LogP contribution in [0.1, 0.15) is 64.5 Å². The Hall–Kier alpha value is -4.92. The van der Waals surface area contributed by atoms with Crippen LogP contribution in [-0.2, 0) is 40.6 Å². The fourth-order valence-electron chi connectivity index (χ4n) is 8.41. The summed E-state index contributed by atoms with van der Waals surface area (Å²) in [6.45, 7) is 10.2. The molecule has 3 N–H and O–H groups in total. The largest absolute Gasteiger partial charge is 0.481 e. The first-order valence-electron chi connectivity index (χ1n) is 18.8. The highest BCUT2D eigenvalue weighted by Gasteiger charge is 2.46. The molecule has 0 saturated carbocycles. The monoisotopic (exact) mass is 813 g/mol. The number of carboxylic acid groups (broad SMARTS) is 1. The lowest BCUT2D eigenvalue weighted by Crippen LogP contribution is -2.28. The first kappa shape index (κ1) is 41.7. The maximum Gasteiger partial charge on any atom is 0.303 e. The van der Waals surface area contributed by atoms with Crippen LogP contribution in [0.2, 0.25) is 0 Å². The smallest absolute Gasteiger partial charge is 0.303 e. The highest BCUT2D eigenvalue weighted by Crippen LogP contribution is 2.51. The van der Waals surface area contributed by atoms with Gasteiger partial charge in [-0.05, 0) is 78.8 Å². The Bertz CT molecular complexity index is 2630. The van der Waals surface area contributed by atoms with E-state index in [1.54, 1.807) is 13.2 Å². The Morgan fingerprint density at radius 1 is 0.789 bits per heavy atom. The van der Waals surface area contributed by atoms with Gasteiger partial charge in [-0.25, -0.2) is 0 Å². The van der Waals surface area contributed by atoms with Crippen LogP contribution in [0.5, 0.6) is 0 Å². The predicted octanol–water partition coefficient (Wildman–Crippen LogP) is 8.50. The molecule has 2 heterocycles. The van der Waals surface area contributed by atoms with Gasteiger partial charge in [-0.3, -0.25) is 13.9 Å². The van der Waals surface area contributed by atoms with Gasteiger partial charge in [-0.1, -0.05) is 74.6 Å². The minimum absolute atomic E-state index is 0.0571. The number of hydrogen-bond donors (Lipinski definition) is 3. The van der Waals surface area contributed by atoms with Crippen molar-refractivity contribution in [2.75, 3.05) is 31.7 Å².